The molecule has 0 aliphatic carbocycles. The van der Waals surface area contributed by atoms with Gasteiger partial charge in [0.25, 0.3) is 0 Å². The van der Waals surface area contributed by atoms with E-state index in [4.69, 9.17) is 11.6 Å². The number of amides is 2. The molecule has 1 aliphatic rings. The van der Waals surface area contributed by atoms with Gasteiger partial charge in [0.2, 0.25) is 11.8 Å². The van der Waals surface area contributed by atoms with E-state index < -0.39 is 5.25 Å². The van der Waals surface area contributed by atoms with Crippen molar-refractivity contribution < 1.29 is 9.59 Å². The van der Waals surface area contributed by atoms with Crippen LogP contribution in [-0.2, 0) is 9.59 Å². The summed E-state index contributed by atoms with van der Waals surface area (Å²) in [5.41, 5.74) is 1.36. The predicted octanol–water partition coefficient (Wildman–Crippen LogP) is 3.74. The van der Waals surface area contributed by atoms with E-state index in [1.54, 1.807) is 35.6 Å². The van der Waals surface area contributed by atoms with Gasteiger partial charge >= 0.3 is 0 Å². The second kappa shape index (κ2) is 8.48. The minimum absolute atomic E-state index is 0.0374. The van der Waals surface area contributed by atoms with Gasteiger partial charge in [-0.2, -0.15) is 5.10 Å². The summed E-state index contributed by atoms with van der Waals surface area (Å²) in [5.74, 6) is -0.515. The first-order valence-corrected chi connectivity index (χ1v) is 9.84. The molecule has 1 fully saturated rings. The lowest BCUT2D eigenvalue weighted by molar-refractivity contribution is -0.122. The fourth-order valence-electron chi connectivity index (χ4n) is 2.19. The summed E-state index contributed by atoms with van der Waals surface area (Å²) in [5, 5.41) is 15.9. The molecule has 1 aromatic carbocycles. The molecule has 0 unspecified atom stereocenters. The van der Waals surface area contributed by atoms with Gasteiger partial charge in [0.05, 0.1) is 10.6 Å². The molecule has 2 N–H and O–H groups in total. The first kappa shape index (κ1) is 18.6. The van der Waals surface area contributed by atoms with Gasteiger partial charge in [-0.3, -0.25) is 9.59 Å². The highest BCUT2D eigenvalue weighted by Crippen LogP contribution is 2.24. The fraction of sp³-hybridized carbons (Fsp3) is 0.176. The molecule has 1 saturated heterocycles. The van der Waals surface area contributed by atoms with Crippen molar-refractivity contribution in [3.8, 4) is 0 Å². The minimum Gasteiger partial charge on any atom is -0.326 e. The Labute approximate surface area is 163 Å². The number of thiophene rings is 1. The lowest BCUT2D eigenvalue weighted by Gasteiger charge is -2.07. The number of halogens is 1. The largest absolute Gasteiger partial charge is 0.326 e. The molecule has 1 aliphatic heterocycles. The van der Waals surface area contributed by atoms with E-state index in [1.807, 2.05) is 24.4 Å². The summed E-state index contributed by atoms with van der Waals surface area (Å²) in [4.78, 5) is 25.2. The second-order valence-corrected chi connectivity index (χ2v) is 8.00. The number of carbonyl (C=O) groups is 2. The number of amidine groups is 1. The number of rotatable bonds is 5. The number of hydrogen-bond acceptors (Lipinski definition) is 6. The third-order valence-corrected chi connectivity index (χ3v) is 5.71. The smallest absolute Gasteiger partial charge is 0.240 e. The lowest BCUT2D eigenvalue weighted by atomic mass is 10.2. The average Bonchev–Trinajstić information content (AvgIpc) is 3.23. The molecule has 0 radical (unpaired) electrons. The molecule has 0 spiro atoms. The van der Waals surface area contributed by atoms with E-state index >= 15 is 0 Å². The molecule has 0 bridgehead atoms. The van der Waals surface area contributed by atoms with Crippen LogP contribution < -0.4 is 10.6 Å². The van der Waals surface area contributed by atoms with E-state index in [0.29, 0.717) is 15.9 Å². The Morgan fingerprint density at radius 3 is 2.92 bits per heavy atom. The molecule has 9 heteroatoms. The maximum absolute atomic E-state index is 12.1. The molecule has 2 aromatic rings. The summed E-state index contributed by atoms with van der Waals surface area (Å²) < 4.78 is 0. The minimum atomic E-state index is -0.537. The Kier molecular flexibility index (Phi) is 6.08. The molecule has 2 amide bonds. The topological polar surface area (TPSA) is 82.9 Å². The van der Waals surface area contributed by atoms with Crippen molar-refractivity contribution in [2.24, 2.45) is 10.2 Å². The zero-order chi connectivity index (χ0) is 18.5. The Balaban J connectivity index is 1.58. The van der Waals surface area contributed by atoms with Gasteiger partial charge in [-0.25, -0.2) is 0 Å². The summed E-state index contributed by atoms with van der Waals surface area (Å²) in [6.45, 7) is 1.85. The van der Waals surface area contributed by atoms with Crippen LogP contribution in [-0.4, -0.2) is 27.9 Å². The van der Waals surface area contributed by atoms with E-state index in [2.05, 4.69) is 20.8 Å². The van der Waals surface area contributed by atoms with Crippen LogP contribution in [0.4, 0.5) is 5.69 Å². The summed E-state index contributed by atoms with van der Waals surface area (Å²) >= 11 is 8.66. The Bertz CT molecular complexity index is 881. The number of benzene rings is 1. The van der Waals surface area contributed by atoms with Crippen LogP contribution in [0.1, 0.15) is 18.2 Å². The van der Waals surface area contributed by atoms with Crippen LogP contribution in [0.25, 0.3) is 0 Å². The van der Waals surface area contributed by atoms with Gasteiger partial charge in [-0.15, -0.1) is 16.4 Å². The molecule has 0 saturated carbocycles. The monoisotopic (exact) mass is 406 g/mol. The van der Waals surface area contributed by atoms with Crippen molar-refractivity contribution in [1.82, 2.24) is 5.32 Å². The van der Waals surface area contributed by atoms with Crippen LogP contribution in [0.2, 0.25) is 5.02 Å². The summed E-state index contributed by atoms with van der Waals surface area (Å²) in [7, 11) is 0. The van der Waals surface area contributed by atoms with Crippen molar-refractivity contribution in [3.63, 3.8) is 0 Å². The van der Waals surface area contributed by atoms with E-state index in [1.165, 1.54) is 11.8 Å². The number of carbonyl (C=O) groups excluding carboxylic acids is 2. The third-order valence-electron chi connectivity index (χ3n) is 3.42. The molecule has 1 atom stereocenters. The number of hydrogen-bond donors (Lipinski definition) is 2. The van der Waals surface area contributed by atoms with Gasteiger partial charge in [0.15, 0.2) is 5.17 Å². The number of nitrogens with zero attached hydrogens (tertiary/aromatic N) is 2. The zero-order valence-corrected chi connectivity index (χ0v) is 16.1. The molecular formula is C17H15ClN4O2S2. The molecule has 2 heterocycles. The van der Waals surface area contributed by atoms with Crippen LogP contribution in [0.15, 0.2) is 52.0 Å². The standard InChI is InChI=1S/C17H15ClN4O2S2/c1-10(13-6-3-7-25-13)21-22-17-20-16(24)14(26-17)9-15(23)19-12-5-2-4-11(18)8-12/h2-8,14H,9H2,1H3,(H,19,23)(H,20,22,24)/b21-10-/t14-/m1/s1. The van der Waals surface area contributed by atoms with Gasteiger partial charge in [-0.05, 0) is 36.6 Å². The molecule has 134 valence electrons. The van der Waals surface area contributed by atoms with Crippen molar-refractivity contribution >= 4 is 63.1 Å². The summed E-state index contributed by atoms with van der Waals surface area (Å²) in [6.07, 6.45) is 0.0374. The first-order chi connectivity index (χ1) is 12.5. The predicted molar refractivity (Wildman–Crippen MR) is 108 cm³/mol. The Morgan fingerprint density at radius 2 is 2.19 bits per heavy atom. The molecule has 26 heavy (non-hydrogen) atoms. The SMILES string of the molecule is C/C(=N/N=C1/NC(=O)[C@@H](CC(=O)Nc2cccc(Cl)c2)S1)c1cccs1. The van der Waals surface area contributed by atoms with Gasteiger partial charge < -0.3 is 10.6 Å². The van der Waals surface area contributed by atoms with Gasteiger partial charge in [0, 0.05) is 17.1 Å². The fourth-order valence-corrected chi connectivity index (χ4v) is 3.97. The van der Waals surface area contributed by atoms with E-state index in [-0.39, 0.29) is 18.2 Å². The second-order valence-electron chi connectivity index (χ2n) is 5.43. The number of thioether (sulfide) groups is 1. The Morgan fingerprint density at radius 1 is 1.35 bits per heavy atom. The van der Waals surface area contributed by atoms with E-state index in [9.17, 15) is 9.59 Å². The van der Waals surface area contributed by atoms with Crippen LogP contribution in [0, 0.1) is 0 Å². The van der Waals surface area contributed by atoms with Crippen molar-refractivity contribution in [3.05, 3.63) is 51.7 Å². The van der Waals surface area contributed by atoms with Gasteiger partial charge in [0.1, 0.15) is 5.25 Å². The van der Waals surface area contributed by atoms with Crippen LogP contribution >= 0.6 is 34.7 Å². The quantitative estimate of drug-likeness (QED) is 0.586. The normalized spacial score (nSPS) is 18.8. The highest BCUT2D eigenvalue weighted by atomic mass is 35.5. The van der Waals surface area contributed by atoms with Crippen molar-refractivity contribution in [1.29, 1.82) is 0 Å². The van der Waals surface area contributed by atoms with E-state index in [0.717, 1.165) is 10.6 Å². The molecular weight excluding hydrogens is 392 g/mol. The maximum atomic E-state index is 12.1. The average molecular weight is 407 g/mol. The maximum Gasteiger partial charge on any atom is 0.240 e. The highest BCUT2D eigenvalue weighted by Gasteiger charge is 2.32. The molecule has 3 rings (SSSR count). The third kappa shape index (κ3) is 4.94. The molecule has 1 aromatic heterocycles. The summed E-state index contributed by atoms with van der Waals surface area (Å²) in [6, 6.07) is 10.7. The highest BCUT2D eigenvalue weighted by molar-refractivity contribution is 8.15. The lowest BCUT2D eigenvalue weighted by Crippen LogP contribution is -2.28. The number of anilines is 1. The van der Waals surface area contributed by atoms with Crippen LogP contribution in [0.5, 0.6) is 0 Å². The first-order valence-electron chi connectivity index (χ1n) is 7.70. The molecule has 6 nitrogen and oxygen atoms in total. The Hall–Kier alpha value is -2.16. The number of nitrogens with one attached hydrogen (secondary N) is 2. The van der Waals surface area contributed by atoms with Crippen LogP contribution in [0.3, 0.4) is 0 Å². The van der Waals surface area contributed by atoms with Crippen molar-refractivity contribution in [2.75, 3.05) is 5.32 Å². The van der Waals surface area contributed by atoms with Crippen molar-refractivity contribution in [2.45, 2.75) is 18.6 Å². The van der Waals surface area contributed by atoms with Gasteiger partial charge in [-0.1, -0.05) is 35.5 Å². The zero-order valence-electron chi connectivity index (χ0n) is 13.7.